The molecule has 2 amide bonds. The van der Waals surface area contributed by atoms with Gasteiger partial charge in [0.05, 0.1) is 43.5 Å². The van der Waals surface area contributed by atoms with Gasteiger partial charge in [-0.1, -0.05) is 0 Å². The van der Waals surface area contributed by atoms with Gasteiger partial charge < -0.3 is 25.0 Å². The minimum Gasteiger partial charge on any atom is -0.379 e. The second-order valence-electron chi connectivity index (χ2n) is 9.90. The van der Waals surface area contributed by atoms with Crippen LogP contribution in [-0.2, 0) is 29.6 Å². The lowest BCUT2D eigenvalue weighted by atomic mass is 10.2. The summed E-state index contributed by atoms with van der Waals surface area (Å²) in [6.45, 7) is 7.43. The molecule has 5 heterocycles. The van der Waals surface area contributed by atoms with Gasteiger partial charge in [-0.3, -0.25) is 9.58 Å². The smallest absolute Gasteiger partial charge is 0.319 e. The van der Waals surface area contributed by atoms with Gasteiger partial charge in [0.1, 0.15) is 0 Å². The minimum atomic E-state index is -0.300. The van der Waals surface area contributed by atoms with Crippen LogP contribution in [0.15, 0.2) is 48.7 Å². The van der Waals surface area contributed by atoms with E-state index in [1.807, 2.05) is 43.6 Å². The fourth-order valence-electron chi connectivity index (χ4n) is 4.68. The molecule has 1 aromatic carbocycles. The molecule has 12 nitrogen and oxygen atoms in total. The van der Waals surface area contributed by atoms with Gasteiger partial charge in [0, 0.05) is 62.1 Å². The number of anilines is 2. The number of aromatic nitrogens is 5. The van der Waals surface area contributed by atoms with Crippen LogP contribution in [0.3, 0.4) is 0 Å². The van der Waals surface area contributed by atoms with E-state index in [4.69, 9.17) is 24.4 Å². The van der Waals surface area contributed by atoms with Crippen molar-refractivity contribution in [3.63, 3.8) is 0 Å². The van der Waals surface area contributed by atoms with Crippen LogP contribution in [0, 0.1) is 0 Å². The first-order valence-electron chi connectivity index (χ1n) is 13.7. The van der Waals surface area contributed by atoms with Gasteiger partial charge >= 0.3 is 6.03 Å². The predicted molar refractivity (Wildman–Crippen MR) is 157 cm³/mol. The van der Waals surface area contributed by atoms with Crippen molar-refractivity contribution in [2.75, 3.05) is 62.8 Å². The third kappa shape index (κ3) is 7.06. The van der Waals surface area contributed by atoms with Gasteiger partial charge in [0.2, 0.25) is 5.95 Å². The van der Waals surface area contributed by atoms with Crippen molar-refractivity contribution < 1.29 is 14.3 Å². The lowest BCUT2D eigenvalue weighted by Gasteiger charge is -2.27. The number of carbonyl (C=O) groups is 1. The Labute approximate surface area is 242 Å². The van der Waals surface area contributed by atoms with E-state index in [0.29, 0.717) is 43.0 Å². The van der Waals surface area contributed by atoms with E-state index in [1.165, 1.54) is 4.88 Å². The number of hydrogen-bond donors (Lipinski definition) is 2. The van der Waals surface area contributed by atoms with Crippen molar-refractivity contribution in [2.45, 2.75) is 13.1 Å². The summed E-state index contributed by atoms with van der Waals surface area (Å²) in [5, 5.41) is 9.96. The molecular formula is C28H33N9O3S. The highest BCUT2D eigenvalue weighted by molar-refractivity contribution is 7.15. The number of rotatable bonds is 8. The Morgan fingerprint density at radius 1 is 0.902 bits per heavy atom. The number of nitrogens with zero attached hydrogens (tertiary/aromatic N) is 7. The molecule has 2 aliphatic rings. The summed E-state index contributed by atoms with van der Waals surface area (Å²) in [5.41, 5.74) is 2.30. The van der Waals surface area contributed by atoms with Crippen molar-refractivity contribution in [1.29, 1.82) is 0 Å². The number of benzene rings is 1. The van der Waals surface area contributed by atoms with Crippen molar-refractivity contribution in [2.24, 2.45) is 7.05 Å². The maximum atomic E-state index is 12.4. The van der Waals surface area contributed by atoms with Crippen LogP contribution >= 0.6 is 11.3 Å². The summed E-state index contributed by atoms with van der Waals surface area (Å²) in [7, 11) is 1.84. The third-order valence-electron chi connectivity index (χ3n) is 6.88. The average Bonchev–Trinajstić information content (AvgIpc) is 3.66. The topological polar surface area (TPSA) is 123 Å². The van der Waals surface area contributed by atoms with E-state index in [0.717, 1.165) is 62.1 Å². The van der Waals surface area contributed by atoms with Crippen LogP contribution in [0.25, 0.3) is 22.1 Å². The highest BCUT2D eigenvalue weighted by Crippen LogP contribution is 2.30. The van der Waals surface area contributed by atoms with Gasteiger partial charge in [-0.05, 0) is 42.5 Å². The van der Waals surface area contributed by atoms with Gasteiger partial charge in [0.15, 0.2) is 11.6 Å². The van der Waals surface area contributed by atoms with Crippen molar-refractivity contribution in [3.05, 3.63) is 59.2 Å². The van der Waals surface area contributed by atoms with Gasteiger partial charge in [-0.25, -0.2) is 9.78 Å². The zero-order chi connectivity index (χ0) is 28.0. The number of morpholine rings is 2. The van der Waals surface area contributed by atoms with E-state index in [-0.39, 0.29) is 6.03 Å². The fraction of sp³-hybridized carbons (Fsp3) is 0.393. The number of carbonyl (C=O) groups excluding carboxylic acids is 1. The highest BCUT2D eigenvalue weighted by Gasteiger charge is 2.20. The molecule has 3 aromatic heterocycles. The Morgan fingerprint density at radius 2 is 1.63 bits per heavy atom. The molecule has 2 N–H and O–H groups in total. The van der Waals surface area contributed by atoms with Crippen LogP contribution in [0.4, 0.5) is 16.4 Å². The van der Waals surface area contributed by atoms with E-state index in [1.54, 1.807) is 16.0 Å². The molecule has 13 heteroatoms. The van der Waals surface area contributed by atoms with Crippen LogP contribution in [-0.4, -0.2) is 88.3 Å². The molecule has 0 saturated carbocycles. The summed E-state index contributed by atoms with van der Waals surface area (Å²) in [6.07, 6.45) is 1.84. The lowest BCUT2D eigenvalue weighted by molar-refractivity contribution is 0.0346. The third-order valence-corrected chi connectivity index (χ3v) is 7.95. The van der Waals surface area contributed by atoms with Crippen LogP contribution in [0.2, 0.25) is 0 Å². The van der Waals surface area contributed by atoms with Crippen LogP contribution in [0.1, 0.15) is 10.6 Å². The molecule has 214 valence electrons. The molecule has 6 rings (SSSR count). The van der Waals surface area contributed by atoms with E-state index < -0.39 is 0 Å². The summed E-state index contributed by atoms with van der Waals surface area (Å²) < 4.78 is 12.7. The number of aryl methyl sites for hydroxylation is 1. The number of nitrogens with one attached hydrogen (secondary N) is 2. The molecule has 41 heavy (non-hydrogen) atoms. The molecule has 0 bridgehead atoms. The Morgan fingerprint density at radius 3 is 2.37 bits per heavy atom. The van der Waals surface area contributed by atoms with Gasteiger partial charge in [0.25, 0.3) is 0 Å². The molecular weight excluding hydrogens is 542 g/mol. The van der Waals surface area contributed by atoms with Crippen molar-refractivity contribution >= 4 is 29.0 Å². The minimum absolute atomic E-state index is 0.300. The first-order chi connectivity index (χ1) is 20.1. The number of amides is 2. The quantitative estimate of drug-likeness (QED) is 0.326. The monoisotopic (exact) mass is 575 g/mol. The average molecular weight is 576 g/mol. The Balaban J connectivity index is 1.19. The predicted octanol–water partition coefficient (Wildman–Crippen LogP) is 2.99. The summed E-state index contributed by atoms with van der Waals surface area (Å²) in [4.78, 5) is 33.8. The highest BCUT2D eigenvalue weighted by atomic mass is 32.1. The van der Waals surface area contributed by atoms with E-state index in [9.17, 15) is 4.79 Å². The molecule has 2 aliphatic heterocycles. The van der Waals surface area contributed by atoms with Crippen LogP contribution < -0.4 is 15.5 Å². The maximum Gasteiger partial charge on any atom is 0.319 e. The van der Waals surface area contributed by atoms with E-state index >= 15 is 0 Å². The zero-order valence-electron chi connectivity index (χ0n) is 23.0. The SMILES string of the molecule is Cn1ccc(CNC(=O)Nc2ccc(-c3nc(-c4ccc(CN5CCOCC5)s4)nc(N4CCOCC4)n3)cc2)n1. The molecule has 4 aromatic rings. The molecule has 2 saturated heterocycles. The molecule has 2 fully saturated rings. The maximum absolute atomic E-state index is 12.4. The molecule has 0 spiro atoms. The van der Waals surface area contributed by atoms with Crippen LogP contribution in [0.5, 0.6) is 0 Å². The number of urea groups is 1. The summed E-state index contributed by atoms with van der Waals surface area (Å²) >= 11 is 1.71. The first kappa shape index (κ1) is 27.3. The lowest BCUT2D eigenvalue weighted by Crippen LogP contribution is -2.37. The number of ether oxygens (including phenoxy) is 2. The van der Waals surface area contributed by atoms with E-state index in [2.05, 4.69) is 37.7 Å². The fourth-order valence-corrected chi connectivity index (χ4v) is 5.66. The Bertz CT molecular complexity index is 1460. The standard InChI is InChI=1S/C28H33N9O3S/c1-35-9-8-22(34-35)18-29-28(38)30-21-4-2-20(3-5-21)25-31-26(33-27(32-25)37-12-16-40-17-13-37)24-7-6-23(41-24)19-36-10-14-39-15-11-36/h2-9H,10-19H2,1H3,(H2,29,30,38). The largest absolute Gasteiger partial charge is 0.379 e. The van der Waals surface area contributed by atoms with Crippen molar-refractivity contribution in [1.82, 2.24) is 34.9 Å². The molecule has 0 aliphatic carbocycles. The van der Waals surface area contributed by atoms with Crippen molar-refractivity contribution in [3.8, 4) is 22.1 Å². The second-order valence-corrected chi connectivity index (χ2v) is 11.1. The van der Waals surface area contributed by atoms with Gasteiger partial charge in [-0.15, -0.1) is 11.3 Å². The molecule has 0 atom stereocenters. The normalized spacial score (nSPS) is 16.1. The van der Waals surface area contributed by atoms with Gasteiger partial charge in [-0.2, -0.15) is 15.1 Å². The summed E-state index contributed by atoms with van der Waals surface area (Å²) in [6, 6.07) is 13.3. The Hall–Kier alpha value is -3.91. The molecule has 0 unspecified atom stereocenters. The number of thiophene rings is 1. The first-order valence-corrected chi connectivity index (χ1v) is 14.5. The Kier molecular flexibility index (Phi) is 8.46. The molecule has 0 radical (unpaired) electrons. The number of hydrogen-bond acceptors (Lipinski definition) is 10. The summed E-state index contributed by atoms with van der Waals surface area (Å²) in [5.74, 6) is 1.89. The second kappa shape index (κ2) is 12.7. The zero-order valence-corrected chi connectivity index (χ0v) is 23.8.